The molecule has 1 amide bonds. The van der Waals surface area contributed by atoms with Crippen molar-refractivity contribution in [3.05, 3.63) is 70.1 Å². The third kappa shape index (κ3) is 2.92. The minimum Gasteiger partial charge on any atom is -0.335 e. The molecule has 5 nitrogen and oxygen atoms in total. The summed E-state index contributed by atoms with van der Waals surface area (Å²) in [5, 5.41) is 0. The van der Waals surface area contributed by atoms with Crippen LogP contribution in [0.2, 0.25) is 0 Å². The van der Waals surface area contributed by atoms with Gasteiger partial charge in [0.1, 0.15) is 0 Å². The number of aromatic nitrogens is 2. The molecule has 0 spiro atoms. The second-order valence-corrected chi connectivity index (χ2v) is 7.02. The highest BCUT2D eigenvalue weighted by Crippen LogP contribution is 2.27. The summed E-state index contributed by atoms with van der Waals surface area (Å²) in [6.07, 6.45) is 0.243. The highest BCUT2D eigenvalue weighted by molar-refractivity contribution is 5.86. The van der Waals surface area contributed by atoms with Gasteiger partial charge < -0.3 is 9.88 Å². The van der Waals surface area contributed by atoms with E-state index in [0.29, 0.717) is 19.6 Å². The minimum absolute atomic E-state index is 0.139. The van der Waals surface area contributed by atoms with E-state index in [1.807, 2.05) is 48.5 Å². The second kappa shape index (κ2) is 6.12. The summed E-state index contributed by atoms with van der Waals surface area (Å²) < 4.78 is 15.7. The fourth-order valence-corrected chi connectivity index (χ4v) is 3.45. The van der Waals surface area contributed by atoms with E-state index in [1.54, 1.807) is 9.47 Å². The molecule has 4 rings (SSSR count). The topological polar surface area (TPSA) is 58.1 Å². The summed E-state index contributed by atoms with van der Waals surface area (Å²) in [5.41, 5.74) is 1.74. The van der Waals surface area contributed by atoms with Gasteiger partial charge in [-0.05, 0) is 30.2 Å². The molecule has 3 aromatic rings. The van der Waals surface area contributed by atoms with E-state index >= 15 is 0 Å². The number of aromatic amines is 1. The van der Waals surface area contributed by atoms with Gasteiger partial charge in [0.15, 0.2) is 5.67 Å². The molecule has 0 radical (unpaired) electrons. The largest absolute Gasteiger partial charge is 0.335 e. The zero-order valence-corrected chi connectivity index (χ0v) is 14.5. The molecule has 2 heterocycles. The van der Waals surface area contributed by atoms with Gasteiger partial charge in [0, 0.05) is 19.5 Å². The van der Waals surface area contributed by atoms with Crippen molar-refractivity contribution >= 4 is 16.9 Å². The average Bonchev–Trinajstić information content (AvgIpc) is 3.07. The third-order valence-electron chi connectivity index (χ3n) is 5.00. The number of nitrogens with zero attached hydrogens (tertiary/aromatic N) is 2. The van der Waals surface area contributed by atoms with Gasteiger partial charge in [-0.2, -0.15) is 0 Å². The molecule has 1 aliphatic rings. The first kappa shape index (κ1) is 16.6. The zero-order valence-electron chi connectivity index (χ0n) is 14.5. The molecule has 1 fully saturated rings. The van der Waals surface area contributed by atoms with Gasteiger partial charge in [0.05, 0.1) is 17.6 Å². The van der Waals surface area contributed by atoms with Crippen LogP contribution in [0.15, 0.2) is 53.3 Å². The lowest BCUT2D eigenvalue weighted by atomic mass is 10.1. The molecule has 1 aromatic heterocycles. The van der Waals surface area contributed by atoms with Crippen LogP contribution in [0.1, 0.15) is 24.5 Å². The lowest BCUT2D eigenvalue weighted by Gasteiger charge is -2.17. The SMILES string of the molecule is CC1(F)CCN(Cc2ccc(Cn3c(=O)[nH]c4ccccc43)cc2)C1=O. The van der Waals surface area contributed by atoms with E-state index in [-0.39, 0.29) is 12.1 Å². The highest BCUT2D eigenvalue weighted by atomic mass is 19.1. The number of carbonyl (C=O) groups excluding carboxylic acids is 1. The Morgan fingerprint density at radius 3 is 2.35 bits per heavy atom. The number of nitrogens with one attached hydrogen (secondary N) is 1. The molecule has 2 aromatic carbocycles. The van der Waals surface area contributed by atoms with Gasteiger partial charge in [0.25, 0.3) is 5.91 Å². The van der Waals surface area contributed by atoms with E-state index in [4.69, 9.17) is 0 Å². The summed E-state index contributed by atoms with van der Waals surface area (Å²) >= 11 is 0. The monoisotopic (exact) mass is 353 g/mol. The Kier molecular flexibility index (Phi) is 3.90. The molecule has 0 saturated carbocycles. The Hall–Kier alpha value is -2.89. The molecule has 1 N–H and O–H groups in total. The van der Waals surface area contributed by atoms with Crippen LogP contribution in [0.25, 0.3) is 11.0 Å². The summed E-state index contributed by atoms with van der Waals surface area (Å²) in [4.78, 5) is 28.5. The first-order valence-electron chi connectivity index (χ1n) is 8.68. The lowest BCUT2D eigenvalue weighted by molar-refractivity contribution is -0.137. The van der Waals surface area contributed by atoms with Gasteiger partial charge >= 0.3 is 5.69 Å². The predicted octanol–water partition coefficient (Wildman–Crippen LogP) is 2.84. The smallest absolute Gasteiger partial charge is 0.326 e. The molecule has 0 bridgehead atoms. The van der Waals surface area contributed by atoms with Crippen LogP contribution in [0.4, 0.5) is 4.39 Å². The normalized spacial score (nSPS) is 20.2. The van der Waals surface area contributed by atoms with Gasteiger partial charge in [-0.3, -0.25) is 9.36 Å². The van der Waals surface area contributed by atoms with Crippen molar-refractivity contribution in [1.82, 2.24) is 14.5 Å². The van der Waals surface area contributed by atoms with Crippen molar-refractivity contribution in [3.63, 3.8) is 0 Å². The molecule has 134 valence electrons. The Labute approximate surface area is 150 Å². The van der Waals surface area contributed by atoms with Crippen LogP contribution < -0.4 is 5.69 Å². The lowest BCUT2D eigenvalue weighted by Crippen LogP contribution is -2.33. The maximum absolute atomic E-state index is 14.0. The predicted molar refractivity (Wildman–Crippen MR) is 97.6 cm³/mol. The summed E-state index contributed by atoms with van der Waals surface area (Å²) in [6.45, 7) is 2.66. The molecule has 26 heavy (non-hydrogen) atoms. The number of amides is 1. The minimum atomic E-state index is -1.74. The number of hydrogen-bond acceptors (Lipinski definition) is 2. The van der Waals surface area contributed by atoms with Gasteiger partial charge in [-0.1, -0.05) is 36.4 Å². The Balaban J connectivity index is 1.51. The number of rotatable bonds is 4. The average molecular weight is 353 g/mol. The maximum Gasteiger partial charge on any atom is 0.326 e. The first-order valence-corrected chi connectivity index (χ1v) is 8.68. The number of H-pyrrole nitrogens is 1. The molecule has 1 unspecified atom stereocenters. The van der Waals surface area contributed by atoms with Crippen molar-refractivity contribution < 1.29 is 9.18 Å². The van der Waals surface area contributed by atoms with Gasteiger partial charge in [-0.15, -0.1) is 0 Å². The van der Waals surface area contributed by atoms with Crippen LogP contribution in [-0.4, -0.2) is 32.6 Å². The summed E-state index contributed by atoms with van der Waals surface area (Å²) in [5.74, 6) is -0.438. The number of imidazole rings is 1. The Morgan fingerprint density at radius 1 is 1.04 bits per heavy atom. The molecule has 0 aliphatic carbocycles. The third-order valence-corrected chi connectivity index (χ3v) is 5.00. The molecular weight excluding hydrogens is 333 g/mol. The van der Waals surface area contributed by atoms with E-state index in [0.717, 1.165) is 22.2 Å². The molecular formula is C20H20FN3O2. The first-order chi connectivity index (χ1) is 12.4. The van der Waals surface area contributed by atoms with Crippen LogP contribution in [0, 0.1) is 0 Å². The van der Waals surface area contributed by atoms with E-state index in [9.17, 15) is 14.0 Å². The van der Waals surface area contributed by atoms with E-state index in [1.165, 1.54) is 6.92 Å². The number of fused-ring (bicyclic) bond motifs is 1. The number of para-hydroxylation sites is 2. The van der Waals surface area contributed by atoms with E-state index in [2.05, 4.69) is 4.98 Å². The molecule has 1 atom stereocenters. The van der Waals surface area contributed by atoms with Crippen LogP contribution in [0.5, 0.6) is 0 Å². The number of alkyl halides is 1. The van der Waals surface area contributed by atoms with Crippen molar-refractivity contribution in [2.75, 3.05) is 6.54 Å². The van der Waals surface area contributed by atoms with Crippen molar-refractivity contribution in [1.29, 1.82) is 0 Å². The van der Waals surface area contributed by atoms with Gasteiger partial charge in [-0.25, -0.2) is 9.18 Å². The molecule has 1 aliphatic heterocycles. The molecule has 6 heteroatoms. The number of benzene rings is 2. The van der Waals surface area contributed by atoms with E-state index < -0.39 is 11.6 Å². The summed E-state index contributed by atoms with van der Waals surface area (Å²) in [6, 6.07) is 15.3. The van der Waals surface area contributed by atoms with Crippen LogP contribution in [0.3, 0.4) is 0 Å². The Morgan fingerprint density at radius 2 is 1.69 bits per heavy atom. The van der Waals surface area contributed by atoms with Crippen molar-refractivity contribution in [2.45, 2.75) is 32.1 Å². The number of hydrogen-bond donors (Lipinski definition) is 1. The van der Waals surface area contributed by atoms with Crippen molar-refractivity contribution in [3.8, 4) is 0 Å². The number of likely N-dealkylation sites (tertiary alicyclic amines) is 1. The van der Waals surface area contributed by atoms with Crippen LogP contribution in [-0.2, 0) is 17.9 Å². The standard InChI is InChI=1S/C20H20FN3O2/c1-20(21)10-11-23(18(20)25)12-14-6-8-15(9-7-14)13-24-17-5-3-2-4-16(17)22-19(24)26/h2-9H,10-13H2,1H3,(H,22,26). The van der Waals surface area contributed by atoms with Crippen LogP contribution >= 0.6 is 0 Å². The maximum atomic E-state index is 14.0. The number of halogens is 1. The Bertz CT molecular complexity index is 1020. The second-order valence-electron chi connectivity index (χ2n) is 7.02. The molecule has 1 saturated heterocycles. The summed E-state index contributed by atoms with van der Waals surface area (Å²) in [7, 11) is 0. The fraction of sp³-hybridized carbons (Fsp3) is 0.300. The van der Waals surface area contributed by atoms with Gasteiger partial charge in [0.2, 0.25) is 0 Å². The number of carbonyl (C=O) groups is 1. The fourth-order valence-electron chi connectivity index (χ4n) is 3.45. The zero-order chi connectivity index (χ0) is 18.3. The highest BCUT2D eigenvalue weighted by Gasteiger charge is 2.42. The quantitative estimate of drug-likeness (QED) is 0.784. The van der Waals surface area contributed by atoms with Crippen molar-refractivity contribution in [2.24, 2.45) is 0 Å².